The van der Waals surface area contributed by atoms with Crippen molar-refractivity contribution in [2.75, 3.05) is 5.32 Å². The molecule has 0 saturated heterocycles. The number of rotatable bonds is 4. The minimum absolute atomic E-state index is 0.186. The smallest absolute Gasteiger partial charge is 0.260 e. The largest absolute Gasteiger partial charge is 0.381 e. The van der Waals surface area contributed by atoms with Crippen LogP contribution in [0.4, 0.5) is 5.69 Å². The molecule has 0 unspecified atom stereocenters. The minimum atomic E-state index is -0.186. The summed E-state index contributed by atoms with van der Waals surface area (Å²) < 4.78 is 1.53. The Bertz CT molecular complexity index is 1070. The standard InChI is InChI=1S/C19H17N5O/c1-13-3-5-14(6-4-13)12-20-15-7-8-17-16(11-15)18(25)23-19(22-17)24-10-2-9-21-24/h2-11,20H,12H2,1H3,(H,22,23,25). The molecule has 6 heteroatoms. The van der Waals surface area contributed by atoms with Gasteiger partial charge in [-0.05, 0) is 36.8 Å². The van der Waals surface area contributed by atoms with Crippen LogP contribution in [0.5, 0.6) is 0 Å². The van der Waals surface area contributed by atoms with E-state index in [9.17, 15) is 4.79 Å². The normalized spacial score (nSPS) is 10.9. The number of benzene rings is 2. The molecule has 124 valence electrons. The van der Waals surface area contributed by atoms with Crippen LogP contribution in [0.2, 0.25) is 0 Å². The second-order valence-electron chi connectivity index (χ2n) is 5.91. The lowest BCUT2D eigenvalue weighted by molar-refractivity contribution is 0.810. The van der Waals surface area contributed by atoms with Gasteiger partial charge in [0.05, 0.1) is 10.9 Å². The molecule has 0 aliphatic rings. The van der Waals surface area contributed by atoms with E-state index in [1.165, 1.54) is 15.8 Å². The molecule has 0 atom stereocenters. The number of hydrogen-bond donors (Lipinski definition) is 2. The zero-order chi connectivity index (χ0) is 17.2. The van der Waals surface area contributed by atoms with Crippen LogP contribution in [-0.2, 0) is 6.54 Å². The maximum atomic E-state index is 12.4. The summed E-state index contributed by atoms with van der Waals surface area (Å²) in [5, 5.41) is 7.98. The lowest BCUT2D eigenvalue weighted by Crippen LogP contribution is -2.14. The third-order valence-electron chi connectivity index (χ3n) is 4.03. The van der Waals surface area contributed by atoms with Gasteiger partial charge in [-0.25, -0.2) is 9.67 Å². The summed E-state index contributed by atoms with van der Waals surface area (Å²) in [6.07, 6.45) is 3.38. The number of hydrogen-bond acceptors (Lipinski definition) is 4. The Balaban J connectivity index is 1.62. The Morgan fingerprint density at radius 1 is 1.16 bits per heavy atom. The summed E-state index contributed by atoms with van der Waals surface area (Å²) in [7, 11) is 0. The van der Waals surface area contributed by atoms with E-state index in [-0.39, 0.29) is 5.56 Å². The first-order chi connectivity index (χ1) is 12.2. The molecule has 0 amide bonds. The molecule has 0 bridgehead atoms. The van der Waals surface area contributed by atoms with Crippen LogP contribution in [0.25, 0.3) is 16.9 Å². The molecule has 0 aliphatic heterocycles. The molecular weight excluding hydrogens is 314 g/mol. The number of anilines is 1. The second kappa shape index (κ2) is 6.24. The number of aromatic amines is 1. The fraction of sp³-hybridized carbons (Fsp3) is 0.105. The van der Waals surface area contributed by atoms with Gasteiger partial charge < -0.3 is 5.32 Å². The van der Waals surface area contributed by atoms with E-state index < -0.39 is 0 Å². The Hall–Kier alpha value is -3.41. The Kier molecular flexibility index (Phi) is 3.78. The summed E-state index contributed by atoms with van der Waals surface area (Å²) in [4.78, 5) is 19.6. The molecular formula is C19H17N5O. The van der Waals surface area contributed by atoms with Gasteiger partial charge in [-0.1, -0.05) is 29.8 Å². The summed E-state index contributed by atoms with van der Waals surface area (Å²) >= 11 is 0. The fourth-order valence-corrected chi connectivity index (χ4v) is 2.65. The maximum absolute atomic E-state index is 12.4. The molecule has 4 rings (SSSR count). The first-order valence-corrected chi connectivity index (χ1v) is 8.02. The number of fused-ring (bicyclic) bond motifs is 1. The summed E-state index contributed by atoms with van der Waals surface area (Å²) in [6, 6.07) is 15.7. The van der Waals surface area contributed by atoms with Crippen molar-refractivity contribution in [2.45, 2.75) is 13.5 Å². The van der Waals surface area contributed by atoms with Crippen LogP contribution in [-0.4, -0.2) is 19.7 Å². The third kappa shape index (κ3) is 3.14. The van der Waals surface area contributed by atoms with Gasteiger partial charge >= 0.3 is 0 Å². The Labute approximate surface area is 144 Å². The van der Waals surface area contributed by atoms with Crippen molar-refractivity contribution in [1.29, 1.82) is 0 Å². The molecule has 25 heavy (non-hydrogen) atoms. The van der Waals surface area contributed by atoms with Crippen LogP contribution < -0.4 is 10.9 Å². The van der Waals surface area contributed by atoms with Crippen LogP contribution in [0.3, 0.4) is 0 Å². The molecule has 0 spiro atoms. The average Bonchev–Trinajstić information content (AvgIpc) is 3.16. The zero-order valence-corrected chi connectivity index (χ0v) is 13.7. The molecule has 0 saturated carbocycles. The molecule has 0 fully saturated rings. The van der Waals surface area contributed by atoms with Crippen LogP contribution in [0, 0.1) is 6.92 Å². The van der Waals surface area contributed by atoms with E-state index in [1.807, 2.05) is 18.2 Å². The lowest BCUT2D eigenvalue weighted by atomic mass is 10.1. The zero-order valence-electron chi connectivity index (χ0n) is 13.7. The van der Waals surface area contributed by atoms with E-state index in [2.05, 4.69) is 51.6 Å². The monoisotopic (exact) mass is 331 g/mol. The average molecular weight is 331 g/mol. The summed E-state index contributed by atoms with van der Waals surface area (Å²) in [5.41, 5.74) is 3.75. The maximum Gasteiger partial charge on any atom is 0.260 e. The highest BCUT2D eigenvalue weighted by Gasteiger charge is 2.06. The van der Waals surface area contributed by atoms with Gasteiger partial charge in [0.25, 0.3) is 5.56 Å². The first-order valence-electron chi connectivity index (χ1n) is 8.02. The minimum Gasteiger partial charge on any atom is -0.381 e. The van der Waals surface area contributed by atoms with E-state index in [0.717, 1.165) is 5.69 Å². The number of H-pyrrole nitrogens is 1. The van der Waals surface area contributed by atoms with Gasteiger partial charge in [0.1, 0.15) is 0 Å². The highest BCUT2D eigenvalue weighted by Crippen LogP contribution is 2.16. The Morgan fingerprint density at radius 3 is 2.76 bits per heavy atom. The highest BCUT2D eigenvalue weighted by atomic mass is 16.1. The van der Waals surface area contributed by atoms with Gasteiger partial charge in [0.15, 0.2) is 0 Å². The molecule has 2 aromatic heterocycles. The third-order valence-corrected chi connectivity index (χ3v) is 4.03. The van der Waals surface area contributed by atoms with Crippen molar-refractivity contribution in [3.63, 3.8) is 0 Å². The van der Waals surface area contributed by atoms with E-state index in [0.29, 0.717) is 23.4 Å². The molecule has 2 N–H and O–H groups in total. The van der Waals surface area contributed by atoms with Gasteiger partial charge in [0.2, 0.25) is 5.95 Å². The number of nitrogens with zero attached hydrogens (tertiary/aromatic N) is 3. The van der Waals surface area contributed by atoms with Crippen LogP contribution in [0.1, 0.15) is 11.1 Å². The molecule has 2 heterocycles. The summed E-state index contributed by atoms with van der Waals surface area (Å²) in [6.45, 7) is 2.76. The van der Waals surface area contributed by atoms with Gasteiger partial charge in [-0.15, -0.1) is 0 Å². The molecule has 2 aromatic carbocycles. The highest BCUT2D eigenvalue weighted by molar-refractivity contribution is 5.81. The quantitative estimate of drug-likeness (QED) is 0.603. The SMILES string of the molecule is Cc1ccc(CNc2ccc3nc(-n4cccn4)[nH]c(=O)c3c2)cc1. The van der Waals surface area contributed by atoms with Crippen molar-refractivity contribution < 1.29 is 0 Å². The molecule has 0 aliphatic carbocycles. The molecule has 6 nitrogen and oxygen atoms in total. The number of nitrogens with one attached hydrogen (secondary N) is 2. The van der Waals surface area contributed by atoms with E-state index >= 15 is 0 Å². The van der Waals surface area contributed by atoms with Crippen molar-refractivity contribution >= 4 is 16.6 Å². The topological polar surface area (TPSA) is 75.6 Å². The van der Waals surface area contributed by atoms with Crippen molar-refractivity contribution in [3.05, 3.63) is 82.4 Å². The predicted molar refractivity (Wildman–Crippen MR) is 98.0 cm³/mol. The van der Waals surface area contributed by atoms with Crippen molar-refractivity contribution in [3.8, 4) is 5.95 Å². The van der Waals surface area contributed by atoms with Gasteiger partial charge in [-0.3, -0.25) is 9.78 Å². The first kappa shape index (κ1) is 15.1. The van der Waals surface area contributed by atoms with Gasteiger partial charge in [-0.2, -0.15) is 5.10 Å². The van der Waals surface area contributed by atoms with Crippen LogP contribution in [0.15, 0.2) is 65.7 Å². The van der Waals surface area contributed by atoms with E-state index in [4.69, 9.17) is 0 Å². The molecule has 0 radical (unpaired) electrons. The number of aromatic nitrogens is 4. The van der Waals surface area contributed by atoms with Gasteiger partial charge in [0, 0.05) is 24.6 Å². The molecule has 4 aromatic rings. The van der Waals surface area contributed by atoms with E-state index in [1.54, 1.807) is 18.5 Å². The summed E-state index contributed by atoms with van der Waals surface area (Å²) in [5.74, 6) is 0.405. The second-order valence-corrected chi connectivity index (χ2v) is 5.91. The van der Waals surface area contributed by atoms with Crippen molar-refractivity contribution in [1.82, 2.24) is 19.7 Å². The van der Waals surface area contributed by atoms with Crippen molar-refractivity contribution in [2.24, 2.45) is 0 Å². The van der Waals surface area contributed by atoms with Crippen LogP contribution >= 0.6 is 0 Å². The fourth-order valence-electron chi connectivity index (χ4n) is 2.65. The number of aryl methyl sites for hydroxylation is 1. The predicted octanol–water partition coefficient (Wildman–Crippen LogP) is 3.03. The Morgan fingerprint density at radius 2 is 2.00 bits per heavy atom. The lowest BCUT2D eigenvalue weighted by Gasteiger charge is -2.08.